The summed E-state index contributed by atoms with van der Waals surface area (Å²) in [6.45, 7) is 6.01. The Morgan fingerprint density at radius 1 is 1.25 bits per heavy atom. The van der Waals surface area contributed by atoms with E-state index in [0.29, 0.717) is 0 Å². The van der Waals surface area contributed by atoms with E-state index >= 15 is 0 Å². The summed E-state index contributed by atoms with van der Waals surface area (Å²) in [5.74, 6) is -0.149. The second-order valence-electron chi connectivity index (χ2n) is 2.25. The number of aryl methyl sites for hydroxylation is 1. The molecule has 0 bridgehead atoms. The molecule has 0 aliphatic carbocycles. The summed E-state index contributed by atoms with van der Waals surface area (Å²) in [5, 5.41) is 0.914. The lowest BCUT2D eigenvalue weighted by atomic mass is 10.2. The summed E-state index contributed by atoms with van der Waals surface area (Å²) in [6.07, 6.45) is 0.888. The average Bonchev–Trinajstić information content (AvgIpc) is 2.06. The van der Waals surface area contributed by atoms with Gasteiger partial charge >= 0.3 is 0 Å². The van der Waals surface area contributed by atoms with Crippen LogP contribution in [-0.2, 0) is 6.42 Å². The molecule has 1 aromatic carbocycles. The van der Waals surface area contributed by atoms with E-state index in [-0.39, 0.29) is 5.82 Å². The van der Waals surface area contributed by atoms with E-state index < -0.39 is 0 Å². The molecular formula is C10H16FP. The molecule has 0 aliphatic heterocycles. The van der Waals surface area contributed by atoms with Crippen molar-refractivity contribution in [1.29, 1.82) is 0 Å². The third kappa shape index (κ3) is 3.82. The molecule has 12 heavy (non-hydrogen) atoms. The van der Waals surface area contributed by atoms with Crippen LogP contribution >= 0.6 is 9.24 Å². The van der Waals surface area contributed by atoms with Crippen molar-refractivity contribution in [2.45, 2.75) is 27.2 Å². The lowest BCUT2D eigenvalue weighted by Gasteiger charge is -1.97. The second-order valence-corrected chi connectivity index (χ2v) is 2.91. The van der Waals surface area contributed by atoms with E-state index in [1.807, 2.05) is 26.8 Å². The topological polar surface area (TPSA) is 0 Å². The average molecular weight is 186 g/mol. The fraction of sp³-hybridized carbons (Fsp3) is 0.400. The summed E-state index contributed by atoms with van der Waals surface area (Å²) in [5.41, 5.74) is 1.05. The van der Waals surface area contributed by atoms with E-state index in [1.165, 1.54) is 6.07 Å². The molecule has 0 heterocycles. The van der Waals surface area contributed by atoms with E-state index in [4.69, 9.17) is 0 Å². The standard InChI is InChI=1S/C8H10FP.C2H6/c1-2-6-3-7(9)5-8(10)4-6;1-2/h3-5H,2,10H2,1H3;1-2H3. The minimum absolute atomic E-state index is 0.149. The van der Waals surface area contributed by atoms with E-state index in [2.05, 4.69) is 9.24 Å². The number of rotatable bonds is 1. The highest BCUT2D eigenvalue weighted by molar-refractivity contribution is 7.27. The van der Waals surface area contributed by atoms with Gasteiger partial charge in [-0.2, -0.15) is 0 Å². The molecule has 0 spiro atoms. The Morgan fingerprint density at radius 2 is 1.83 bits per heavy atom. The third-order valence-corrected chi connectivity index (χ3v) is 1.72. The normalized spacial score (nSPS) is 8.75. The first-order valence-electron chi connectivity index (χ1n) is 4.27. The SMILES string of the molecule is CC.CCc1cc(F)cc(P)c1. The quantitative estimate of drug-likeness (QED) is 0.591. The molecule has 0 radical (unpaired) electrons. The Hall–Kier alpha value is -0.420. The maximum absolute atomic E-state index is 12.6. The van der Waals surface area contributed by atoms with Crippen LogP contribution in [0.3, 0.4) is 0 Å². The van der Waals surface area contributed by atoms with Crippen LogP contribution in [-0.4, -0.2) is 0 Å². The summed E-state index contributed by atoms with van der Waals surface area (Å²) >= 11 is 0. The molecule has 0 aromatic heterocycles. The third-order valence-electron chi connectivity index (χ3n) is 1.39. The van der Waals surface area contributed by atoms with Gasteiger partial charge in [-0.1, -0.05) is 26.8 Å². The van der Waals surface area contributed by atoms with Gasteiger partial charge in [0.05, 0.1) is 0 Å². The molecule has 1 unspecified atom stereocenters. The number of hydrogen-bond donors (Lipinski definition) is 0. The van der Waals surface area contributed by atoms with Crippen molar-refractivity contribution in [2.75, 3.05) is 0 Å². The highest BCUT2D eigenvalue weighted by atomic mass is 31.0. The van der Waals surface area contributed by atoms with Gasteiger partial charge in [0.25, 0.3) is 0 Å². The molecule has 1 rings (SSSR count). The zero-order valence-corrected chi connectivity index (χ0v) is 9.05. The molecule has 0 fully saturated rings. The van der Waals surface area contributed by atoms with Gasteiger partial charge in [-0.05, 0) is 29.4 Å². The second kappa shape index (κ2) is 6.14. The number of hydrogen-bond acceptors (Lipinski definition) is 0. The molecule has 0 saturated carbocycles. The molecule has 0 saturated heterocycles. The Morgan fingerprint density at radius 3 is 2.25 bits per heavy atom. The fourth-order valence-corrected chi connectivity index (χ4v) is 1.25. The largest absolute Gasteiger partial charge is 0.207 e. The molecule has 1 atom stereocenters. The molecule has 2 heteroatoms. The summed E-state index contributed by atoms with van der Waals surface area (Å²) in [7, 11) is 2.49. The van der Waals surface area contributed by atoms with Gasteiger partial charge in [-0.3, -0.25) is 0 Å². The van der Waals surface area contributed by atoms with Crippen molar-refractivity contribution in [3.8, 4) is 0 Å². The molecular weight excluding hydrogens is 170 g/mol. The molecule has 0 nitrogen and oxygen atoms in total. The zero-order chi connectivity index (χ0) is 9.56. The van der Waals surface area contributed by atoms with Crippen LogP contribution in [0.4, 0.5) is 4.39 Å². The zero-order valence-electron chi connectivity index (χ0n) is 7.89. The first-order chi connectivity index (χ1) is 5.72. The highest BCUT2D eigenvalue weighted by Gasteiger charge is 1.94. The monoisotopic (exact) mass is 186 g/mol. The molecule has 0 amide bonds. The van der Waals surface area contributed by atoms with Crippen LogP contribution < -0.4 is 5.30 Å². The van der Waals surface area contributed by atoms with Gasteiger partial charge < -0.3 is 0 Å². The molecule has 0 N–H and O–H groups in total. The summed E-state index contributed by atoms with van der Waals surface area (Å²) < 4.78 is 12.6. The van der Waals surface area contributed by atoms with Gasteiger partial charge in [0.1, 0.15) is 5.82 Å². The Kier molecular flexibility index (Phi) is 5.92. The van der Waals surface area contributed by atoms with Crippen molar-refractivity contribution < 1.29 is 4.39 Å². The van der Waals surface area contributed by atoms with E-state index in [0.717, 1.165) is 17.3 Å². The Bertz CT molecular complexity index is 213. The predicted octanol–water partition coefficient (Wildman–Crippen LogP) is 2.91. The van der Waals surface area contributed by atoms with Crippen molar-refractivity contribution in [3.63, 3.8) is 0 Å². The van der Waals surface area contributed by atoms with Gasteiger partial charge in [0.2, 0.25) is 0 Å². The smallest absolute Gasteiger partial charge is 0.124 e. The predicted molar refractivity (Wildman–Crippen MR) is 56.5 cm³/mol. The van der Waals surface area contributed by atoms with Crippen LogP contribution in [0, 0.1) is 5.82 Å². The molecule has 68 valence electrons. The number of halogens is 1. The van der Waals surface area contributed by atoms with Crippen LogP contribution in [0.1, 0.15) is 26.3 Å². The van der Waals surface area contributed by atoms with Crippen molar-refractivity contribution in [2.24, 2.45) is 0 Å². The van der Waals surface area contributed by atoms with Crippen LogP contribution in [0.25, 0.3) is 0 Å². The fourth-order valence-electron chi connectivity index (χ4n) is 0.880. The van der Waals surface area contributed by atoms with Crippen LogP contribution in [0.2, 0.25) is 0 Å². The Balaban J connectivity index is 0.000000561. The minimum Gasteiger partial charge on any atom is -0.207 e. The van der Waals surface area contributed by atoms with Gasteiger partial charge in [0.15, 0.2) is 0 Å². The number of benzene rings is 1. The van der Waals surface area contributed by atoms with E-state index in [9.17, 15) is 4.39 Å². The maximum atomic E-state index is 12.6. The summed E-state index contributed by atoms with van der Waals surface area (Å²) in [6, 6.07) is 5.03. The minimum atomic E-state index is -0.149. The van der Waals surface area contributed by atoms with Crippen molar-refractivity contribution in [3.05, 3.63) is 29.6 Å². The lowest BCUT2D eigenvalue weighted by Crippen LogP contribution is -1.94. The van der Waals surface area contributed by atoms with Gasteiger partial charge in [-0.15, -0.1) is 9.24 Å². The first-order valence-corrected chi connectivity index (χ1v) is 4.85. The first kappa shape index (κ1) is 11.6. The Labute approximate surface area is 76.4 Å². The summed E-state index contributed by atoms with van der Waals surface area (Å²) in [4.78, 5) is 0. The van der Waals surface area contributed by atoms with Crippen molar-refractivity contribution >= 4 is 14.5 Å². The van der Waals surface area contributed by atoms with Gasteiger partial charge in [0, 0.05) is 0 Å². The maximum Gasteiger partial charge on any atom is 0.124 e. The lowest BCUT2D eigenvalue weighted by molar-refractivity contribution is 0.627. The van der Waals surface area contributed by atoms with Crippen molar-refractivity contribution in [1.82, 2.24) is 0 Å². The molecule has 1 aromatic rings. The van der Waals surface area contributed by atoms with Crippen LogP contribution in [0.5, 0.6) is 0 Å². The van der Waals surface area contributed by atoms with E-state index in [1.54, 1.807) is 6.07 Å². The highest BCUT2D eigenvalue weighted by Crippen LogP contribution is 2.04. The van der Waals surface area contributed by atoms with Crippen LogP contribution in [0.15, 0.2) is 18.2 Å². The van der Waals surface area contributed by atoms with Gasteiger partial charge in [-0.25, -0.2) is 4.39 Å². The molecule has 0 aliphatic rings.